The molecule has 0 atom stereocenters. The van der Waals surface area contributed by atoms with Gasteiger partial charge < -0.3 is 20.9 Å². The van der Waals surface area contributed by atoms with E-state index in [1.165, 1.54) is 6.08 Å². The van der Waals surface area contributed by atoms with Crippen molar-refractivity contribution in [3.63, 3.8) is 0 Å². The van der Waals surface area contributed by atoms with Crippen molar-refractivity contribution in [2.75, 3.05) is 36.6 Å². The fourth-order valence-electron chi connectivity index (χ4n) is 4.30. The van der Waals surface area contributed by atoms with Gasteiger partial charge in [0.05, 0.1) is 11.1 Å². The lowest BCUT2D eigenvalue weighted by atomic mass is 10.1. The molecule has 0 aliphatic heterocycles. The summed E-state index contributed by atoms with van der Waals surface area (Å²) in [7, 11) is 3.83. The van der Waals surface area contributed by atoms with Crippen LogP contribution in [0, 0.1) is 11.3 Å². The number of benzene rings is 3. The monoisotopic (exact) mass is 556 g/mol. The van der Waals surface area contributed by atoms with E-state index in [0.29, 0.717) is 46.5 Å². The fraction of sp³-hybridized carbons (Fsp3) is 0.0938. The van der Waals surface area contributed by atoms with Gasteiger partial charge in [0.25, 0.3) is 5.91 Å². The molecule has 0 saturated heterocycles. The van der Waals surface area contributed by atoms with E-state index in [1.54, 1.807) is 67.0 Å². The predicted molar refractivity (Wildman–Crippen MR) is 164 cm³/mol. The Morgan fingerprint density at radius 2 is 1.71 bits per heavy atom. The largest absolute Gasteiger partial charge is 0.324 e. The van der Waals surface area contributed by atoms with Gasteiger partial charge in [0.2, 0.25) is 11.9 Å². The molecule has 10 heteroatoms. The zero-order valence-electron chi connectivity index (χ0n) is 23.1. The Hall–Kier alpha value is -5.79. The third kappa shape index (κ3) is 6.67. The molecule has 2 amide bonds. The summed E-state index contributed by atoms with van der Waals surface area (Å²) < 4.78 is 1.86. The van der Waals surface area contributed by atoms with Crippen molar-refractivity contribution < 1.29 is 9.59 Å². The van der Waals surface area contributed by atoms with Crippen molar-refractivity contribution in [3.8, 4) is 11.9 Å². The summed E-state index contributed by atoms with van der Waals surface area (Å²) in [5.41, 5.74) is 3.59. The van der Waals surface area contributed by atoms with E-state index in [2.05, 4.69) is 32.0 Å². The Bertz CT molecular complexity index is 1830. The van der Waals surface area contributed by atoms with E-state index in [0.717, 1.165) is 10.9 Å². The van der Waals surface area contributed by atoms with E-state index >= 15 is 0 Å². The predicted octanol–water partition coefficient (Wildman–Crippen LogP) is 5.34. The molecule has 5 rings (SSSR count). The van der Waals surface area contributed by atoms with Crippen LogP contribution in [0.2, 0.25) is 0 Å². The van der Waals surface area contributed by atoms with Crippen LogP contribution in [0.15, 0.2) is 103 Å². The zero-order chi connectivity index (χ0) is 29.5. The van der Waals surface area contributed by atoms with E-state index in [1.807, 2.05) is 53.9 Å². The van der Waals surface area contributed by atoms with E-state index < -0.39 is 0 Å². The molecule has 0 aliphatic rings. The molecule has 42 heavy (non-hydrogen) atoms. The number of hydrogen-bond acceptors (Lipinski definition) is 7. The summed E-state index contributed by atoms with van der Waals surface area (Å²) in [5.74, 6) is 0.373. The topological polar surface area (TPSA) is 128 Å². The first-order valence-corrected chi connectivity index (χ1v) is 13.1. The first-order valence-electron chi connectivity index (χ1n) is 13.1. The average molecular weight is 557 g/mol. The van der Waals surface area contributed by atoms with Gasteiger partial charge in [-0.1, -0.05) is 36.4 Å². The molecule has 3 aromatic carbocycles. The smallest absolute Gasteiger partial charge is 0.255 e. The number of amides is 2. The molecule has 0 spiro atoms. The highest BCUT2D eigenvalue weighted by Crippen LogP contribution is 2.25. The lowest BCUT2D eigenvalue weighted by Crippen LogP contribution is -2.14. The van der Waals surface area contributed by atoms with Gasteiger partial charge in [-0.15, -0.1) is 0 Å². The van der Waals surface area contributed by atoms with Crippen LogP contribution in [-0.4, -0.2) is 51.9 Å². The van der Waals surface area contributed by atoms with Crippen LogP contribution in [-0.2, 0) is 4.79 Å². The second-order valence-corrected chi connectivity index (χ2v) is 9.67. The maximum absolute atomic E-state index is 13.0. The number of nitrogens with zero attached hydrogens (tertiary/aromatic N) is 5. The van der Waals surface area contributed by atoms with E-state index in [-0.39, 0.29) is 11.8 Å². The number of fused-ring (bicyclic) bond motifs is 1. The summed E-state index contributed by atoms with van der Waals surface area (Å²) in [5, 5.41) is 19.2. The van der Waals surface area contributed by atoms with Gasteiger partial charge in [-0.2, -0.15) is 10.2 Å². The Morgan fingerprint density at radius 3 is 2.52 bits per heavy atom. The van der Waals surface area contributed by atoms with Gasteiger partial charge in [-0.05, 0) is 62.6 Å². The summed E-state index contributed by atoms with van der Waals surface area (Å²) in [6.07, 6.45) is 6.63. The third-order valence-electron chi connectivity index (χ3n) is 6.23. The van der Waals surface area contributed by atoms with Crippen molar-refractivity contribution in [1.29, 1.82) is 5.26 Å². The molecule has 0 bridgehead atoms. The number of rotatable bonds is 9. The normalized spacial score (nSPS) is 11.0. The molecule has 3 N–H and O–H groups in total. The van der Waals surface area contributed by atoms with Gasteiger partial charge in [0, 0.05) is 53.0 Å². The van der Waals surface area contributed by atoms with Crippen molar-refractivity contribution in [1.82, 2.24) is 19.4 Å². The molecule has 0 fully saturated rings. The Morgan fingerprint density at radius 1 is 0.952 bits per heavy atom. The van der Waals surface area contributed by atoms with Gasteiger partial charge in [-0.25, -0.2) is 4.98 Å². The highest BCUT2D eigenvalue weighted by molar-refractivity contribution is 6.06. The molecule has 0 aliphatic carbocycles. The van der Waals surface area contributed by atoms with E-state index in [4.69, 9.17) is 0 Å². The van der Waals surface area contributed by atoms with Gasteiger partial charge in [0.15, 0.2) is 0 Å². The first kappa shape index (κ1) is 27.8. The van der Waals surface area contributed by atoms with Gasteiger partial charge in [0.1, 0.15) is 11.9 Å². The average Bonchev–Trinajstić information content (AvgIpc) is 3.36. The molecule has 2 heterocycles. The summed E-state index contributed by atoms with van der Waals surface area (Å²) in [6, 6.07) is 25.6. The van der Waals surface area contributed by atoms with Crippen LogP contribution >= 0.6 is 0 Å². The number of para-hydroxylation sites is 1. The summed E-state index contributed by atoms with van der Waals surface area (Å²) >= 11 is 0. The van der Waals surface area contributed by atoms with Crippen LogP contribution in [0.25, 0.3) is 16.7 Å². The number of anilines is 4. The molecule has 0 saturated carbocycles. The highest BCUT2D eigenvalue weighted by atomic mass is 16.2. The van der Waals surface area contributed by atoms with Gasteiger partial charge in [-0.3, -0.25) is 14.2 Å². The van der Waals surface area contributed by atoms with Crippen LogP contribution in [0.1, 0.15) is 15.9 Å². The molecular formula is C32H28N8O2. The molecule has 0 unspecified atom stereocenters. The van der Waals surface area contributed by atoms with Crippen LogP contribution in [0.5, 0.6) is 0 Å². The van der Waals surface area contributed by atoms with E-state index in [9.17, 15) is 14.9 Å². The lowest BCUT2D eigenvalue weighted by molar-refractivity contribution is -0.111. The molecule has 10 nitrogen and oxygen atoms in total. The number of carbonyl (C=O) groups is 2. The number of nitriles is 1. The van der Waals surface area contributed by atoms with Crippen LogP contribution < -0.4 is 16.0 Å². The molecule has 2 aromatic heterocycles. The second kappa shape index (κ2) is 12.6. The maximum atomic E-state index is 13.0. The molecule has 208 valence electrons. The fourth-order valence-corrected chi connectivity index (χ4v) is 4.30. The first-order chi connectivity index (χ1) is 20.4. The number of carbonyl (C=O) groups excluding carboxylic acids is 2. The second-order valence-electron chi connectivity index (χ2n) is 9.67. The molecular weight excluding hydrogens is 528 g/mol. The highest BCUT2D eigenvalue weighted by Gasteiger charge is 2.12. The Labute approximate surface area is 242 Å². The van der Waals surface area contributed by atoms with Crippen molar-refractivity contribution in [2.45, 2.75) is 0 Å². The summed E-state index contributed by atoms with van der Waals surface area (Å²) in [4.78, 5) is 36.1. The standard InChI is InChI=1S/C32H28N8O2/c1-39(2)17-7-14-30(41)35-24-9-5-8-22(18-24)31(42)36-25-10-6-11-26(19-25)37-32-34-16-15-29(38-32)40-21-23(20-33)27-12-3-4-13-28(27)40/h3-16,18-19,21H,17H2,1-2H3,(H,35,41)(H,36,42)(H,34,37,38). The maximum Gasteiger partial charge on any atom is 0.255 e. The number of aromatic nitrogens is 3. The molecule has 5 aromatic rings. The lowest BCUT2D eigenvalue weighted by Gasteiger charge is -2.11. The Kier molecular flexibility index (Phi) is 8.32. The zero-order valence-corrected chi connectivity index (χ0v) is 23.1. The molecule has 0 radical (unpaired) electrons. The SMILES string of the molecule is CN(C)CC=CC(=O)Nc1cccc(C(=O)Nc2cccc(Nc3nccc(-n4cc(C#N)c5ccccc54)n3)c2)c1. The van der Waals surface area contributed by atoms with Crippen LogP contribution in [0.4, 0.5) is 23.0 Å². The summed E-state index contributed by atoms with van der Waals surface area (Å²) in [6.45, 7) is 0.648. The van der Waals surface area contributed by atoms with Crippen molar-refractivity contribution in [2.24, 2.45) is 0 Å². The minimum Gasteiger partial charge on any atom is -0.324 e. The van der Waals surface area contributed by atoms with Crippen molar-refractivity contribution in [3.05, 3.63) is 115 Å². The minimum atomic E-state index is -0.322. The number of nitrogens with one attached hydrogen (secondary N) is 3. The quantitative estimate of drug-likeness (QED) is 0.209. The van der Waals surface area contributed by atoms with Gasteiger partial charge >= 0.3 is 0 Å². The van der Waals surface area contributed by atoms with Crippen molar-refractivity contribution >= 4 is 45.7 Å². The Balaban J connectivity index is 1.27. The number of hydrogen-bond donors (Lipinski definition) is 3. The minimum absolute atomic E-state index is 0.269. The third-order valence-corrected chi connectivity index (χ3v) is 6.23. The number of likely N-dealkylation sites (N-methyl/N-ethyl adjacent to an activating group) is 1. The van der Waals surface area contributed by atoms with Crippen LogP contribution in [0.3, 0.4) is 0 Å².